The zero-order valence-electron chi connectivity index (χ0n) is 15.2. The number of fused-ring (bicyclic) bond motifs is 1. The maximum Gasteiger partial charge on any atom is 0.319 e. The lowest BCUT2D eigenvalue weighted by Gasteiger charge is -2.16. The minimum atomic E-state index is -0.230. The number of urea groups is 1. The highest BCUT2D eigenvalue weighted by molar-refractivity contribution is 5.90. The average molecular weight is 342 g/mol. The van der Waals surface area contributed by atoms with Gasteiger partial charge in [-0.25, -0.2) is 4.79 Å². The first-order valence-corrected chi connectivity index (χ1v) is 8.78. The molecule has 1 aliphatic rings. The molecule has 1 aromatic heterocycles. The van der Waals surface area contributed by atoms with Crippen LogP contribution in [0.3, 0.4) is 0 Å². The summed E-state index contributed by atoms with van der Waals surface area (Å²) in [6, 6.07) is 5.73. The van der Waals surface area contributed by atoms with Crippen molar-refractivity contribution in [2.24, 2.45) is 0 Å². The predicted octanol–water partition coefficient (Wildman–Crippen LogP) is 2.70. The fourth-order valence-electron chi connectivity index (χ4n) is 3.07. The van der Waals surface area contributed by atoms with Crippen LogP contribution in [0.15, 0.2) is 18.2 Å². The molecule has 0 saturated carbocycles. The van der Waals surface area contributed by atoms with Crippen molar-refractivity contribution in [3.8, 4) is 0 Å². The first-order chi connectivity index (χ1) is 12.0. The first kappa shape index (κ1) is 17.3. The molecule has 7 heteroatoms. The van der Waals surface area contributed by atoms with Gasteiger partial charge in [-0.05, 0) is 43.5 Å². The highest BCUT2D eigenvalue weighted by Crippen LogP contribution is 2.21. The van der Waals surface area contributed by atoms with Gasteiger partial charge in [0.1, 0.15) is 5.82 Å². The minimum absolute atomic E-state index is 0.230. The molecule has 3 rings (SSSR count). The lowest BCUT2D eigenvalue weighted by atomic mass is 10.1. The summed E-state index contributed by atoms with van der Waals surface area (Å²) in [6.45, 7) is 3.31. The van der Waals surface area contributed by atoms with Gasteiger partial charge < -0.3 is 20.1 Å². The van der Waals surface area contributed by atoms with Crippen LogP contribution in [0.5, 0.6) is 0 Å². The summed E-state index contributed by atoms with van der Waals surface area (Å²) >= 11 is 0. The van der Waals surface area contributed by atoms with Crippen LogP contribution in [0.4, 0.5) is 16.2 Å². The molecular weight excluding hydrogens is 316 g/mol. The van der Waals surface area contributed by atoms with E-state index in [0.29, 0.717) is 6.54 Å². The van der Waals surface area contributed by atoms with Gasteiger partial charge in [0.15, 0.2) is 5.82 Å². The number of benzene rings is 1. The Morgan fingerprint density at radius 1 is 1.24 bits per heavy atom. The summed E-state index contributed by atoms with van der Waals surface area (Å²) in [4.78, 5) is 14.3. The highest BCUT2D eigenvalue weighted by Gasteiger charge is 2.15. The summed E-state index contributed by atoms with van der Waals surface area (Å²) in [5.41, 5.74) is 2.94. The molecule has 2 N–H and O–H groups in total. The molecule has 2 heterocycles. The summed E-state index contributed by atoms with van der Waals surface area (Å²) in [5.74, 6) is 1.86. The van der Waals surface area contributed by atoms with Crippen LogP contribution in [0.1, 0.15) is 36.5 Å². The number of amides is 2. The zero-order chi connectivity index (χ0) is 17.8. The van der Waals surface area contributed by atoms with Crippen LogP contribution >= 0.6 is 0 Å². The van der Waals surface area contributed by atoms with Gasteiger partial charge in [0.2, 0.25) is 0 Å². The maximum atomic E-state index is 12.2. The predicted molar refractivity (Wildman–Crippen MR) is 98.9 cm³/mol. The number of nitrogens with zero attached hydrogens (tertiary/aromatic N) is 4. The summed E-state index contributed by atoms with van der Waals surface area (Å²) in [7, 11) is 3.99. The van der Waals surface area contributed by atoms with Crippen molar-refractivity contribution in [1.82, 2.24) is 20.1 Å². The Hall–Kier alpha value is -2.57. The van der Waals surface area contributed by atoms with Gasteiger partial charge in [0.25, 0.3) is 0 Å². The molecule has 25 heavy (non-hydrogen) atoms. The van der Waals surface area contributed by atoms with Crippen molar-refractivity contribution in [3.05, 3.63) is 35.4 Å². The standard InChI is InChI=1S/C18H26N6O/c1-13-11-14(23(2)3)8-9-15(13)20-18(25)19-12-17-22-21-16-7-5-4-6-10-24(16)17/h8-9,11H,4-7,10,12H2,1-3H3,(H2,19,20,25). The lowest BCUT2D eigenvalue weighted by molar-refractivity contribution is 0.251. The number of nitrogens with one attached hydrogen (secondary N) is 2. The fourth-order valence-corrected chi connectivity index (χ4v) is 3.07. The van der Waals surface area contributed by atoms with E-state index in [-0.39, 0.29) is 6.03 Å². The van der Waals surface area contributed by atoms with E-state index < -0.39 is 0 Å². The minimum Gasteiger partial charge on any atom is -0.378 e. The van der Waals surface area contributed by atoms with E-state index in [4.69, 9.17) is 0 Å². The quantitative estimate of drug-likeness (QED) is 0.896. The van der Waals surface area contributed by atoms with E-state index in [2.05, 4.69) is 25.4 Å². The molecule has 0 bridgehead atoms. The molecule has 0 aliphatic carbocycles. The normalized spacial score (nSPS) is 13.7. The Morgan fingerprint density at radius 3 is 2.84 bits per heavy atom. The van der Waals surface area contributed by atoms with Gasteiger partial charge in [0, 0.05) is 38.4 Å². The monoisotopic (exact) mass is 342 g/mol. The summed E-state index contributed by atoms with van der Waals surface area (Å²) in [5, 5.41) is 14.3. The number of hydrogen-bond acceptors (Lipinski definition) is 4. The molecular formula is C18H26N6O. The van der Waals surface area contributed by atoms with Gasteiger partial charge in [-0.3, -0.25) is 0 Å². The van der Waals surface area contributed by atoms with Crippen molar-refractivity contribution in [1.29, 1.82) is 0 Å². The van der Waals surface area contributed by atoms with Crippen molar-refractivity contribution in [2.75, 3.05) is 24.3 Å². The number of carbonyl (C=O) groups is 1. The van der Waals surface area contributed by atoms with E-state index in [1.807, 2.05) is 44.1 Å². The van der Waals surface area contributed by atoms with Crippen molar-refractivity contribution in [2.45, 2.75) is 45.7 Å². The molecule has 0 spiro atoms. The molecule has 0 fully saturated rings. The van der Waals surface area contributed by atoms with E-state index in [9.17, 15) is 4.79 Å². The Kier molecular flexibility index (Phi) is 5.21. The van der Waals surface area contributed by atoms with Crippen LogP contribution in [0, 0.1) is 6.92 Å². The van der Waals surface area contributed by atoms with Crippen molar-refractivity contribution >= 4 is 17.4 Å². The third-order valence-corrected chi connectivity index (χ3v) is 4.57. The van der Waals surface area contributed by atoms with Crippen LogP contribution < -0.4 is 15.5 Å². The molecule has 1 aromatic carbocycles. The van der Waals surface area contributed by atoms with E-state index in [1.54, 1.807) is 0 Å². The van der Waals surface area contributed by atoms with E-state index in [1.165, 1.54) is 6.42 Å². The SMILES string of the molecule is Cc1cc(N(C)C)ccc1NC(=O)NCc1nnc2n1CCCCC2. The molecule has 7 nitrogen and oxygen atoms in total. The molecule has 2 aromatic rings. The first-order valence-electron chi connectivity index (χ1n) is 8.78. The number of carbonyl (C=O) groups excluding carboxylic acids is 1. The van der Waals surface area contributed by atoms with E-state index in [0.717, 1.165) is 54.4 Å². The second kappa shape index (κ2) is 7.55. The Labute approximate surface area is 148 Å². The van der Waals surface area contributed by atoms with Gasteiger partial charge >= 0.3 is 6.03 Å². The average Bonchev–Trinajstić information content (AvgIpc) is 2.81. The molecule has 0 saturated heterocycles. The van der Waals surface area contributed by atoms with Crippen LogP contribution in [0.2, 0.25) is 0 Å². The number of rotatable bonds is 4. The summed E-state index contributed by atoms with van der Waals surface area (Å²) in [6.07, 6.45) is 4.49. The van der Waals surface area contributed by atoms with Gasteiger partial charge in [-0.15, -0.1) is 10.2 Å². The molecule has 0 unspecified atom stereocenters. The molecule has 2 amide bonds. The van der Waals surface area contributed by atoms with Crippen molar-refractivity contribution < 1.29 is 4.79 Å². The zero-order valence-corrected chi connectivity index (χ0v) is 15.2. The topological polar surface area (TPSA) is 75.1 Å². The number of hydrogen-bond donors (Lipinski definition) is 2. The van der Waals surface area contributed by atoms with Crippen LogP contribution in [-0.4, -0.2) is 34.9 Å². The lowest BCUT2D eigenvalue weighted by Crippen LogP contribution is -2.29. The Bertz CT molecular complexity index is 752. The van der Waals surface area contributed by atoms with Gasteiger partial charge in [-0.1, -0.05) is 6.42 Å². The van der Waals surface area contributed by atoms with Gasteiger partial charge in [0.05, 0.1) is 6.54 Å². The number of anilines is 2. The number of aryl methyl sites for hydroxylation is 2. The number of aromatic nitrogens is 3. The van der Waals surface area contributed by atoms with Crippen molar-refractivity contribution in [3.63, 3.8) is 0 Å². The smallest absolute Gasteiger partial charge is 0.319 e. The van der Waals surface area contributed by atoms with E-state index >= 15 is 0 Å². The summed E-state index contributed by atoms with van der Waals surface area (Å²) < 4.78 is 2.14. The third-order valence-electron chi connectivity index (χ3n) is 4.57. The fraction of sp³-hybridized carbons (Fsp3) is 0.500. The van der Waals surface area contributed by atoms with Crippen LogP contribution in [-0.2, 0) is 19.5 Å². The third kappa shape index (κ3) is 4.10. The molecule has 134 valence electrons. The molecule has 0 atom stereocenters. The molecule has 1 aliphatic heterocycles. The second-order valence-electron chi connectivity index (χ2n) is 6.70. The van der Waals surface area contributed by atoms with Crippen LogP contribution in [0.25, 0.3) is 0 Å². The highest BCUT2D eigenvalue weighted by atomic mass is 16.2. The Balaban J connectivity index is 1.59. The molecule has 0 radical (unpaired) electrons. The largest absolute Gasteiger partial charge is 0.378 e. The second-order valence-corrected chi connectivity index (χ2v) is 6.70. The maximum absolute atomic E-state index is 12.2. The van der Waals surface area contributed by atoms with Gasteiger partial charge in [-0.2, -0.15) is 0 Å². The Morgan fingerprint density at radius 2 is 2.08 bits per heavy atom.